The number of allylic oxidation sites excluding steroid dienone is 18. The number of ether oxygens (including phenoxy) is 3. The Kier molecular flexibility index (Phi) is 55.4. The molecule has 1 unspecified atom stereocenters. The zero-order valence-corrected chi connectivity index (χ0v) is 46.2. The largest absolute Gasteiger partial charge is 0.462 e. The van der Waals surface area contributed by atoms with Gasteiger partial charge in [-0.3, -0.25) is 14.4 Å². The second-order valence-corrected chi connectivity index (χ2v) is 19.1. The van der Waals surface area contributed by atoms with Crippen LogP contribution in [0.15, 0.2) is 109 Å². The lowest BCUT2D eigenvalue weighted by molar-refractivity contribution is -0.167. The Morgan fingerprint density at radius 1 is 0.296 bits per heavy atom. The van der Waals surface area contributed by atoms with Crippen LogP contribution in [0.2, 0.25) is 0 Å². The Labute approximate surface area is 438 Å². The lowest BCUT2D eigenvalue weighted by Crippen LogP contribution is -2.30. The van der Waals surface area contributed by atoms with Crippen LogP contribution in [0.5, 0.6) is 0 Å². The van der Waals surface area contributed by atoms with Crippen LogP contribution in [-0.4, -0.2) is 37.2 Å². The lowest BCUT2D eigenvalue weighted by atomic mass is 10.0. The Morgan fingerprint density at radius 3 is 0.859 bits per heavy atom. The van der Waals surface area contributed by atoms with E-state index in [1.807, 2.05) is 0 Å². The van der Waals surface area contributed by atoms with Gasteiger partial charge in [0, 0.05) is 19.3 Å². The molecule has 0 radical (unpaired) electrons. The number of carbonyl (C=O) groups excluding carboxylic acids is 3. The summed E-state index contributed by atoms with van der Waals surface area (Å²) in [4.78, 5) is 38.1. The van der Waals surface area contributed by atoms with E-state index in [0.717, 1.165) is 128 Å². The maximum absolute atomic E-state index is 12.8. The van der Waals surface area contributed by atoms with Crippen molar-refractivity contribution in [3.05, 3.63) is 109 Å². The predicted octanol–water partition coefficient (Wildman–Crippen LogP) is 19.9. The summed E-state index contributed by atoms with van der Waals surface area (Å²) in [6, 6.07) is 0. The molecule has 0 aromatic carbocycles. The first-order valence-corrected chi connectivity index (χ1v) is 29.4. The van der Waals surface area contributed by atoms with E-state index in [9.17, 15) is 14.4 Å². The molecule has 6 heteroatoms. The molecule has 1 atom stereocenters. The highest BCUT2D eigenvalue weighted by Crippen LogP contribution is 2.15. The number of carbonyl (C=O) groups is 3. The van der Waals surface area contributed by atoms with Crippen molar-refractivity contribution in [2.45, 2.75) is 271 Å². The summed E-state index contributed by atoms with van der Waals surface area (Å²) < 4.78 is 16.8. The summed E-state index contributed by atoms with van der Waals surface area (Å²) in [6.07, 6.45) is 79.5. The molecule has 0 N–H and O–H groups in total. The molecule has 0 aliphatic carbocycles. The molecule has 6 nitrogen and oxygen atoms in total. The fourth-order valence-electron chi connectivity index (χ4n) is 7.93. The van der Waals surface area contributed by atoms with E-state index in [4.69, 9.17) is 14.2 Å². The average molecular weight is 986 g/mol. The van der Waals surface area contributed by atoms with Gasteiger partial charge in [-0.1, -0.05) is 252 Å². The lowest BCUT2D eigenvalue weighted by Gasteiger charge is -2.18. The highest BCUT2D eigenvalue weighted by atomic mass is 16.6. The Balaban J connectivity index is 4.26. The summed E-state index contributed by atoms with van der Waals surface area (Å²) in [6.45, 7) is 6.37. The summed E-state index contributed by atoms with van der Waals surface area (Å²) in [5.74, 6) is -0.916. The van der Waals surface area contributed by atoms with Crippen molar-refractivity contribution < 1.29 is 28.6 Å². The molecule has 0 bridgehead atoms. The molecular formula is C65H108O6. The van der Waals surface area contributed by atoms with Crippen LogP contribution in [0, 0.1) is 0 Å². The van der Waals surface area contributed by atoms with Gasteiger partial charge in [0.05, 0.1) is 0 Å². The minimum atomic E-state index is -0.791. The first kappa shape index (κ1) is 67.1. The minimum Gasteiger partial charge on any atom is -0.462 e. The number of esters is 3. The minimum absolute atomic E-state index is 0.0880. The van der Waals surface area contributed by atoms with Gasteiger partial charge in [-0.2, -0.15) is 0 Å². The molecule has 0 saturated heterocycles. The summed E-state index contributed by atoms with van der Waals surface area (Å²) >= 11 is 0. The Morgan fingerprint density at radius 2 is 0.549 bits per heavy atom. The molecule has 0 rings (SSSR count). The third kappa shape index (κ3) is 56.9. The van der Waals surface area contributed by atoms with Crippen molar-refractivity contribution in [1.29, 1.82) is 0 Å². The van der Waals surface area contributed by atoms with E-state index in [1.165, 1.54) is 96.3 Å². The smallest absolute Gasteiger partial charge is 0.306 e. The highest BCUT2D eigenvalue weighted by molar-refractivity contribution is 5.71. The molecule has 0 saturated carbocycles. The van der Waals surface area contributed by atoms with Crippen molar-refractivity contribution in [2.24, 2.45) is 0 Å². The third-order valence-electron chi connectivity index (χ3n) is 12.3. The highest BCUT2D eigenvalue weighted by Gasteiger charge is 2.19. The van der Waals surface area contributed by atoms with Crippen molar-refractivity contribution in [3.63, 3.8) is 0 Å². The fraction of sp³-hybridized carbons (Fsp3) is 0.677. The number of hydrogen-bond donors (Lipinski definition) is 0. The van der Waals surface area contributed by atoms with Gasteiger partial charge in [-0.25, -0.2) is 0 Å². The van der Waals surface area contributed by atoms with Crippen molar-refractivity contribution in [3.8, 4) is 0 Å². The zero-order valence-electron chi connectivity index (χ0n) is 46.2. The number of hydrogen-bond acceptors (Lipinski definition) is 6. The third-order valence-corrected chi connectivity index (χ3v) is 12.3. The van der Waals surface area contributed by atoms with Gasteiger partial charge in [0.2, 0.25) is 0 Å². The van der Waals surface area contributed by atoms with Gasteiger partial charge < -0.3 is 14.2 Å². The van der Waals surface area contributed by atoms with Crippen molar-refractivity contribution >= 4 is 17.9 Å². The van der Waals surface area contributed by atoms with E-state index in [0.29, 0.717) is 19.3 Å². The molecule has 0 heterocycles. The van der Waals surface area contributed by atoms with Gasteiger partial charge in [0.1, 0.15) is 13.2 Å². The van der Waals surface area contributed by atoms with E-state index in [1.54, 1.807) is 0 Å². The summed E-state index contributed by atoms with van der Waals surface area (Å²) in [5, 5.41) is 0. The molecule has 404 valence electrons. The molecule has 0 aromatic rings. The maximum Gasteiger partial charge on any atom is 0.306 e. The maximum atomic E-state index is 12.8. The van der Waals surface area contributed by atoms with E-state index >= 15 is 0 Å². The van der Waals surface area contributed by atoms with Crippen LogP contribution < -0.4 is 0 Å². The molecule has 0 spiro atoms. The topological polar surface area (TPSA) is 78.9 Å². The number of unbranched alkanes of at least 4 members (excludes halogenated alkanes) is 23. The van der Waals surface area contributed by atoms with E-state index in [-0.39, 0.29) is 31.1 Å². The van der Waals surface area contributed by atoms with Crippen LogP contribution >= 0.6 is 0 Å². The first-order valence-electron chi connectivity index (χ1n) is 29.4. The quantitative estimate of drug-likeness (QED) is 0.0261. The van der Waals surface area contributed by atoms with E-state index in [2.05, 4.69) is 130 Å². The van der Waals surface area contributed by atoms with Crippen LogP contribution in [0.4, 0.5) is 0 Å². The molecule has 0 fully saturated rings. The predicted molar refractivity (Wildman–Crippen MR) is 307 cm³/mol. The van der Waals surface area contributed by atoms with Crippen molar-refractivity contribution in [1.82, 2.24) is 0 Å². The standard InChI is InChI=1S/C65H108O6/c1-4-7-10-13-16-19-21-23-25-27-28-29-30-31-32-33-34-35-36-38-39-41-43-46-49-52-55-58-64(67)70-61-62(60-69-63(66)57-54-51-48-45-18-15-12-9-6-3)71-65(68)59-56-53-50-47-44-42-40-37-26-24-22-20-17-14-11-8-5-2/h7-8,10-11,16-17,19-20,23-26,28-29,31-32,40,42,62H,4-6,9,12-15,18,21-22,27,30,33-39,41,43-61H2,1-3H3/b10-7-,11-8-,19-16-,20-17-,25-23-,26-24-,29-28-,32-31-,42-40-. The Bertz CT molecular complexity index is 1460. The van der Waals surface area contributed by atoms with Crippen LogP contribution in [0.25, 0.3) is 0 Å². The van der Waals surface area contributed by atoms with Crippen LogP contribution in [0.1, 0.15) is 265 Å². The van der Waals surface area contributed by atoms with Crippen molar-refractivity contribution in [2.75, 3.05) is 13.2 Å². The first-order chi connectivity index (χ1) is 35.0. The molecule has 0 amide bonds. The second kappa shape index (κ2) is 58.6. The summed E-state index contributed by atoms with van der Waals surface area (Å²) in [5.41, 5.74) is 0. The molecule has 0 aromatic heterocycles. The second-order valence-electron chi connectivity index (χ2n) is 19.1. The summed E-state index contributed by atoms with van der Waals surface area (Å²) in [7, 11) is 0. The average Bonchev–Trinajstić information content (AvgIpc) is 3.37. The van der Waals surface area contributed by atoms with Crippen LogP contribution in [-0.2, 0) is 28.6 Å². The molecule has 0 aliphatic rings. The van der Waals surface area contributed by atoms with Gasteiger partial charge in [-0.15, -0.1) is 0 Å². The van der Waals surface area contributed by atoms with Gasteiger partial charge in [0.15, 0.2) is 6.10 Å². The normalized spacial score (nSPS) is 12.9. The SMILES string of the molecule is CC/C=C\C/C=C\C/C=C\C/C=C\C/C=C\CCCCCCCCCCCCCC(=O)OCC(COC(=O)CCCCCCCCCCC)OC(=O)CCCCCC/C=C\C/C=C\C/C=C\C/C=C\CC. The van der Waals surface area contributed by atoms with Gasteiger partial charge in [0.25, 0.3) is 0 Å². The van der Waals surface area contributed by atoms with Gasteiger partial charge >= 0.3 is 17.9 Å². The molecule has 71 heavy (non-hydrogen) atoms. The van der Waals surface area contributed by atoms with E-state index < -0.39 is 6.10 Å². The molecular weight excluding hydrogens is 877 g/mol. The monoisotopic (exact) mass is 985 g/mol. The van der Waals surface area contributed by atoms with Gasteiger partial charge in [-0.05, 0) is 103 Å². The number of rotatable bonds is 52. The van der Waals surface area contributed by atoms with Crippen LogP contribution in [0.3, 0.4) is 0 Å². The fourth-order valence-corrected chi connectivity index (χ4v) is 7.93. The zero-order chi connectivity index (χ0) is 51.4. The molecule has 0 aliphatic heterocycles. The Hall–Kier alpha value is -3.93.